The van der Waals surface area contributed by atoms with Gasteiger partial charge in [0, 0.05) is 18.7 Å². The maximum absolute atomic E-state index is 5.56. The van der Waals surface area contributed by atoms with Gasteiger partial charge in [-0.3, -0.25) is 0 Å². The van der Waals surface area contributed by atoms with E-state index in [0.29, 0.717) is 11.3 Å². The minimum atomic E-state index is 0.194. The Morgan fingerprint density at radius 1 is 1.06 bits per heavy atom. The molecule has 0 heterocycles. The molecule has 0 radical (unpaired) electrons. The minimum Gasteiger partial charge on any atom is -0.380 e. The molecule has 0 aromatic rings. The summed E-state index contributed by atoms with van der Waals surface area (Å²) in [5.74, 6) is 0.627. The van der Waals surface area contributed by atoms with Gasteiger partial charge in [0.2, 0.25) is 0 Å². The van der Waals surface area contributed by atoms with Crippen LogP contribution in [0, 0.1) is 11.3 Å². The molecule has 0 saturated carbocycles. The molecule has 98 valence electrons. The van der Waals surface area contributed by atoms with E-state index in [0.717, 1.165) is 19.8 Å². The predicted molar refractivity (Wildman–Crippen MR) is 71.8 cm³/mol. The lowest BCUT2D eigenvalue weighted by molar-refractivity contribution is 0.104. The minimum absolute atomic E-state index is 0.194. The van der Waals surface area contributed by atoms with E-state index in [2.05, 4.69) is 53.8 Å². The van der Waals surface area contributed by atoms with Gasteiger partial charge in [0.25, 0.3) is 0 Å². The van der Waals surface area contributed by atoms with Crippen molar-refractivity contribution in [2.75, 3.05) is 19.8 Å². The summed E-state index contributed by atoms with van der Waals surface area (Å²) in [6, 6.07) is 0. The lowest BCUT2D eigenvalue weighted by Crippen LogP contribution is -2.43. The average molecular weight is 229 g/mol. The molecule has 16 heavy (non-hydrogen) atoms. The van der Waals surface area contributed by atoms with Crippen molar-refractivity contribution in [2.24, 2.45) is 11.3 Å². The molecule has 0 saturated heterocycles. The van der Waals surface area contributed by atoms with Crippen LogP contribution in [0.15, 0.2) is 0 Å². The molecule has 1 N–H and O–H groups in total. The third-order valence-electron chi connectivity index (χ3n) is 2.27. The van der Waals surface area contributed by atoms with Crippen LogP contribution >= 0.6 is 0 Å². The summed E-state index contributed by atoms with van der Waals surface area (Å²) in [5, 5.41) is 3.56. The Bertz CT molecular complexity index is 180. The molecular formula is C14H31NO. The van der Waals surface area contributed by atoms with E-state index < -0.39 is 0 Å². The molecule has 0 aliphatic heterocycles. The van der Waals surface area contributed by atoms with Crippen LogP contribution in [-0.4, -0.2) is 25.3 Å². The fraction of sp³-hybridized carbons (Fsp3) is 1.00. The van der Waals surface area contributed by atoms with Crippen molar-refractivity contribution in [2.45, 2.75) is 60.4 Å². The summed E-state index contributed by atoms with van der Waals surface area (Å²) in [5.41, 5.74) is 0.564. The van der Waals surface area contributed by atoms with E-state index in [-0.39, 0.29) is 5.54 Å². The van der Waals surface area contributed by atoms with E-state index in [1.54, 1.807) is 0 Å². The highest BCUT2D eigenvalue weighted by Gasteiger charge is 2.24. The van der Waals surface area contributed by atoms with Crippen LogP contribution in [-0.2, 0) is 4.74 Å². The molecule has 0 atom stereocenters. The standard InChI is InChI=1S/C14H31NO/c1-12(2)10-16-9-8-15-14(6,7)11-13(3,4)5/h12,15H,8-11H2,1-7H3. The Balaban J connectivity index is 3.66. The molecule has 0 rings (SSSR count). The zero-order chi connectivity index (χ0) is 12.8. The molecule has 0 unspecified atom stereocenters. The summed E-state index contributed by atoms with van der Waals surface area (Å²) < 4.78 is 5.56. The van der Waals surface area contributed by atoms with E-state index in [9.17, 15) is 0 Å². The summed E-state index contributed by atoms with van der Waals surface area (Å²) in [6.45, 7) is 18.3. The Morgan fingerprint density at radius 2 is 1.62 bits per heavy atom. The average Bonchev–Trinajstić information content (AvgIpc) is 1.97. The number of ether oxygens (including phenoxy) is 1. The van der Waals surface area contributed by atoms with Crippen molar-refractivity contribution in [3.63, 3.8) is 0 Å². The zero-order valence-corrected chi connectivity index (χ0v) is 12.3. The molecule has 0 amide bonds. The largest absolute Gasteiger partial charge is 0.380 e. The van der Waals surface area contributed by atoms with Gasteiger partial charge in [0.05, 0.1) is 6.61 Å². The first kappa shape index (κ1) is 15.9. The van der Waals surface area contributed by atoms with Crippen molar-refractivity contribution in [1.82, 2.24) is 5.32 Å². The van der Waals surface area contributed by atoms with Gasteiger partial charge >= 0.3 is 0 Å². The Hall–Kier alpha value is -0.0800. The third kappa shape index (κ3) is 10.4. The molecule has 2 nitrogen and oxygen atoms in total. The van der Waals surface area contributed by atoms with Gasteiger partial charge in [-0.2, -0.15) is 0 Å². The van der Waals surface area contributed by atoms with E-state index in [1.807, 2.05) is 0 Å². The molecule has 0 fully saturated rings. The molecule has 2 heteroatoms. The maximum Gasteiger partial charge on any atom is 0.0591 e. The Labute approximate surface area is 102 Å². The van der Waals surface area contributed by atoms with Crippen LogP contribution < -0.4 is 5.32 Å². The summed E-state index contributed by atoms with van der Waals surface area (Å²) in [4.78, 5) is 0. The maximum atomic E-state index is 5.56. The van der Waals surface area contributed by atoms with Gasteiger partial charge < -0.3 is 10.1 Å². The molecule has 0 spiro atoms. The smallest absolute Gasteiger partial charge is 0.0591 e. The first-order valence-corrected chi connectivity index (χ1v) is 6.45. The second-order valence-electron chi connectivity index (χ2n) is 7.02. The van der Waals surface area contributed by atoms with Gasteiger partial charge in [0.1, 0.15) is 0 Å². The van der Waals surface area contributed by atoms with E-state index >= 15 is 0 Å². The van der Waals surface area contributed by atoms with Gasteiger partial charge in [-0.1, -0.05) is 34.6 Å². The van der Waals surface area contributed by atoms with Crippen molar-refractivity contribution in [3.8, 4) is 0 Å². The SMILES string of the molecule is CC(C)COCCNC(C)(C)CC(C)(C)C. The Morgan fingerprint density at radius 3 is 2.06 bits per heavy atom. The quantitative estimate of drug-likeness (QED) is 0.675. The van der Waals surface area contributed by atoms with Gasteiger partial charge in [0.15, 0.2) is 0 Å². The molecule has 0 aromatic carbocycles. The summed E-state index contributed by atoms with van der Waals surface area (Å²) >= 11 is 0. The molecular weight excluding hydrogens is 198 g/mol. The zero-order valence-electron chi connectivity index (χ0n) is 12.3. The van der Waals surface area contributed by atoms with Crippen LogP contribution in [0.4, 0.5) is 0 Å². The van der Waals surface area contributed by atoms with Crippen LogP contribution in [0.1, 0.15) is 54.9 Å². The highest BCUT2D eigenvalue weighted by Crippen LogP contribution is 2.26. The highest BCUT2D eigenvalue weighted by molar-refractivity contribution is 4.82. The fourth-order valence-electron chi connectivity index (χ4n) is 2.17. The van der Waals surface area contributed by atoms with Crippen LogP contribution in [0.2, 0.25) is 0 Å². The van der Waals surface area contributed by atoms with Crippen LogP contribution in [0.3, 0.4) is 0 Å². The normalized spacial score (nSPS) is 13.5. The number of hydrogen-bond acceptors (Lipinski definition) is 2. The van der Waals surface area contributed by atoms with Gasteiger partial charge in [-0.05, 0) is 31.6 Å². The van der Waals surface area contributed by atoms with E-state index in [1.165, 1.54) is 6.42 Å². The number of nitrogens with one attached hydrogen (secondary N) is 1. The topological polar surface area (TPSA) is 21.3 Å². The first-order chi connectivity index (χ1) is 7.12. The van der Waals surface area contributed by atoms with Crippen LogP contribution in [0.5, 0.6) is 0 Å². The molecule has 0 aromatic heterocycles. The first-order valence-electron chi connectivity index (χ1n) is 6.45. The summed E-state index contributed by atoms with van der Waals surface area (Å²) in [7, 11) is 0. The highest BCUT2D eigenvalue weighted by atomic mass is 16.5. The van der Waals surface area contributed by atoms with Crippen molar-refractivity contribution < 1.29 is 4.74 Å². The van der Waals surface area contributed by atoms with Crippen molar-refractivity contribution in [1.29, 1.82) is 0 Å². The van der Waals surface area contributed by atoms with Gasteiger partial charge in [-0.25, -0.2) is 0 Å². The van der Waals surface area contributed by atoms with Gasteiger partial charge in [-0.15, -0.1) is 0 Å². The molecule has 0 aliphatic carbocycles. The van der Waals surface area contributed by atoms with E-state index in [4.69, 9.17) is 4.74 Å². The summed E-state index contributed by atoms with van der Waals surface area (Å²) in [6.07, 6.45) is 1.17. The molecule has 0 bridgehead atoms. The van der Waals surface area contributed by atoms with Crippen molar-refractivity contribution in [3.05, 3.63) is 0 Å². The van der Waals surface area contributed by atoms with Crippen molar-refractivity contribution >= 4 is 0 Å². The number of hydrogen-bond donors (Lipinski definition) is 1. The second-order valence-corrected chi connectivity index (χ2v) is 7.02. The molecule has 0 aliphatic rings. The van der Waals surface area contributed by atoms with Crippen LogP contribution in [0.25, 0.3) is 0 Å². The monoisotopic (exact) mass is 229 g/mol. The second kappa shape index (κ2) is 6.61. The lowest BCUT2D eigenvalue weighted by atomic mass is 9.82. The lowest BCUT2D eigenvalue weighted by Gasteiger charge is -2.33. The predicted octanol–water partition coefficient (Wildman–Crippen LogP) is 3.46. The number of rotatable bonds is 7. The fourth-order valence-corrected chi connectivity index (χ4v) is 2.17. The third-order valence-corrected chi connectivity index (χ3v) is 2.27. The Kier molecular flexibility index (Phi) is 6.57.